The molecule has 0 amide bonds. The summed E-state index contributed by atoms with van der Waals surface area (Å²) in [7, 11) is 0. The second-order valence-corrected chi connectivity index (χ2v) is 4.97. The van der Waals surface area contributed by atoms with Crippen molar-refractivity contribution < 1.29 is 0 Å². The van der Waals surface area contributed by atoms with Gasteiger partial charge >= 0.3 is 0 Å². The number of para-hydroxylation sites is 1. The summed E-state index contributed by atoms with van der Waals surface area (Å²) in [5.41, 5.74) is 8.28. The van der Waals surface area contributed by atoms with Crippen LogP contribution >= 0.6 is 0 Å². The van der Waals surface area contributed by atoms with E-state index < -0.39 is 0 Å². The van der Waals surface area contributed by atoms with Crippen LogP contribution in [0, 0.1) is 0 Å². The monoisotopic (exact) mass is 266 g/mol. The number of nitrogens with zero attached hydrogens (tertiary/aromatic N) is 3. The number of hydrogen-bond donors (Lipinski definition) is 1. The molecule has 0 spiro atoms. The molecule has 0 saturated carbocycles. The molecule has 1 atom stereocenters. The third-order valence-electron chi connectivity index (χ3n) is 3.55. The van der Waals surface area contributed by atoms with Crippen molar-refractivity contribution in [3.05, 3.63) is 54.4 Å². The predicted octanol–water partition coefficient (Wildman–Crippen LogP) is 2.70. The Labute approximate surface area is 118 Å². The number of fused-ring (bicyclic) bond motifs is 1. The van der Waals surface area contributed by atoms with Crippen LogP contribution in [0.25, 0.3) is 16.7 Å². The van der Waals surface area contributed by atoms with Gasteiger partial charge < -0.3 is 5.73 Å². The van der Waals surface area contributed by atoms with Gasteiger partial charge in [-0.3, -0.25) is 0 Å². The summed E-state index contributed by atoms with van der Waals surface area (Å²) in [4.78, 5) is 4.50. The second-order valence-electron chi connectivity index (χ2n) is 4.97. The van der Waals surface area contributed by atoms with Crippen LogP contribution in [-0.4, -0.2) is 20.8 Å². The molecule has 0 bridgehead atoms. The quantitative estimate of drug-likeness (QED) is 0.790. The van der Waals surface area contributed by atoms with Gasteiger partial charge in [0, 0.05) is 17.6 Å². The van der Waals surface area contributed by atoms with E-state index in [1.54, 1.807) is 6.20 Å². The minimum absolute atomic E-state index is 0.153. The molecule has 0 aliphatic carbocycles. The lowest BCUT2D eigenvalue weighted by atomic mass is 10.1. The minimum atomic E-state index is 0.153. The van der Waals surface area contributed by atoms with Crippen LogP contribution in [-0.2, 0) is 6.42 Å². The number of aromatic nitrogens is 3. The lowest BCUT2D eigenvalue weighted by molar-refractivity contribution is 0.640. The van der Waals surface area contributed by atoms with Crippen LogP contribution < -0.4 is 5.73 Å². The van der Waals surface area contributed by atoms with Gasteiger partial charge in [-0.15, -0.1) is 0 Å². The fraction of sp³-hybridized carbons (Fsp3) is 0.250. The fourth-order valence-corrected chi connectivity index (χ4v) is 2.35. The van der Waals surface area contributed by atoms with E-state index in [1.807, 2.05) is 29.1 Å². The molecule has 20 heavy (non-hydrogen) atoms. The van der Waals surface area contributed by atoms with E-state index in [1.165, 1.54) is 0 Å². The first kappa shape index (κ1) is 12.8. The maximum absolute atomic E-state index is 6.08. The largest absolute Gasteiger partial charge is 0.327 e. The molecular formula is C16H18N4. The third kappa shape index (κ3) is 2.30. The summed E-state index contributed by atoms with van der Waals surface area (Å²) >= 11 is 0. The summed E-state index contributed by atoms with van der Waals surface area (Å²) in [5.74, 6) is 0.873. The van der Waals surface area contributed by atoms with Crippen LogP contribution in [0.2, 0.25) is 0 Å². The maximum atomic E-state index is 6.08. The van der Waals surface area contributed by atoms with Gasteiger partial charge in [0.05, 0.1) is 11.7 Å². The summed E-state index contributed by atoms with van der Waals surface area (Å²) in [6.07, 6.45) is 5.43. The van der Waals surface area contributed by atoms with Crippen LogP contribution in [0.15, 0.2) is 48.8 Å². The van der Waals surface area contributed by atoms with Crippen LogP contribution in [0.4, 0.5) is 0 Å². The van der Waals surface area contributed by atoms with Crippen molar-refractivity contribution in [2.45, 2.75) is 25.8 Å². The van der Waals surface area contributed by atoms with E-state index in [4.69, 9.17) is 5.73 Å². The van der Waals surface area contributed by atoms with Crippen LogP contribution in [0.5, 0.6) is 0 Å². The third-order valence-corrected chi connectivity index (χ3v) is 3.55. The SMILES string of the molecule is CCC(N)Cc1cccnc1-n1ncc2ccccc21. The lowest BCUT2D eigenvalue weighted by Crippen LogP contribution is -2.22. The topological polar surface area (TPSA) is 56.7 Å². The van der Waals surface area contributed by atoms with Crippen molar-refractivity contribution >= 4 is 10.9 Å². The van der Waals surface area contributed by atoms with Crippen LogP contribution in [0.3, 0.4) is 0 Å². The van der Waals surface area contributed by atoms with E-state index in [-0.39, 0.29) is 6.04 Å². The number of pyridine rings is 1. The number of rotatable bonds is 4. The van der Waals surface area contributed by atoms with E-state index in [9.17, 15) is 0 Å². The highest BCUT2D eigenvalue weighted by Crippen LogP contribution is 2.20. The maximum Gasteiger partial charge on any atom is 0.157 e. The molecular weight excluding hydrogens is 248 g/mol. The molecule has 1 aromatic carbocycles. The van der Waals surface area contributed by atoms with Crippen molar-refractivity contribution in [3.63, 3.8) is 0 Å². The zero-order valence-corrected chi connectivity index (χ0v) is 11.5. The average molecular weight is 266 g/mol. The zero-order chi connectivity index (χ0) is 13.9. The van der Waals surface area contributed by atoms with Crippen LogP contribution in [0.1, 0.15) is 18.9 Å². The second kappa shape index (κ2) is 5.43. The molecule has 0 aliphatic heterocycles. The first-order valence-corrected chi connectivity index (χ1v) is 6.92. The van der Waals surface area contributed by atoms with Gasteiger partial charge in [0.2, 0.25) is 0 Å². The van der Waals surface area contributed by atoms with Gasteiger partial charge in [0.1, 0.15) is 0 Å². The summed E-state index contributed by atoms with van der Waals surface area (Å²) in [6.45, 7) is 2.10. The molecule has 4 nitrogen and oxygen atoms in total. The fourth-order valence-electron chi connectivity index (χ4n) is 2.35. The highest BCUT2D eigenvalue weighted by Gasteiger charge is 2.12. The molecule has 2 N–H and O–H groups in total. The molecule has 2 aromatic heterocycles. The lowest BCUT2D eigenvalue weighted by Gasteiger charge is -2.12. The first-order valence-electron chi connectivity index (χ1n) is 6.92. The van der Waals surface area contributed by atoms with Gasteiger partial charge in [-0.1, -0.05) is 31.2 Å². The van der Waals surface area contributed by atoms with Crippen molar-refractivity contribution in [2.24, 2.45) is 5.73 Å². The van der Waals surface area contributed by atoms with Gasteiger partial charge in [0.25, 0.3) is 0 Å². The number of benzene rings is 1. The molecule has 1 unspecified atom stereocenters. The highest BCUT2D eigenvalue weighted by molar-refractivity contribution is 5.79. The van der Waals surface area contributed by atoms with Crippen molar-refractivity contribution in [1.82, 2.24) is 14.8 Å². The Kier molecular flexibility index (Phi) is 3.48. The minimum Gasteiger partial charge on any atom is -0.327 e. The normalized spacial score (nSPS) is 12.7. The summed E-state index contributed by atoms with van der Waals surface area (Å²) < 4.78 is 1.90. The molecule has 0 fully saturated rings. The Bertz CT molecular complexity index is 717. The van der Waals surface area contributed by atoms with E-state index >= 15 is 0 Å². The molecule has 102 valence electrons. The Morgan fingerprint density at radius 1 is 1.20 bits per heavy atom. The van der Waals surface area contributed by atoms with Gasteiger partial charge in [-0.25, -0.2) is 9.67 Å². The zero-order valence-electron chi connectivity index (χ0n) is 11.5. The number of hydrogen-bond acceptors (Lipinski definition) is 3. The smallest absolute Gasteiger partial charge is 0.157 e. The molecule has 0 aliphatic rings. The molecule has 0 saturated heterocycles. The summed E-state index contributed by atoms with van der Waals surface area (Å²) in [5, 5.41) is 5.59. The summed E-state index contributed by atoms with van der Waals surface area (Å²) in [6, 6.07) is 12.3. The van der Waals surface area contributed by atoms with E-state index in [0.717, 1.165) is 35.1 Å². The van der Waals surface area contributed by atoms with Gasteiger partial charge in [-0.2, -0.15) is 5.10 Å². The first-order chi connectivity index (χ1) is 9.79. The Morgan fingerprint density at radius 3 is 2.90 bits per heavy atom. The van der Waals surface area contributed by atoms with Crippen molar-refractivity contribution in [1.29, 1.82) is 0 Å². The average Bonchev–Trinajstić information content (AvgIpc) is 2.91. The van der Waals surface area contributed by atoms with E-state index in [2.05, 4.69) is 35.2 Å². The molecule has 0 radical (unpaired) electrons. The molecule has 3 aromatic rings. The van der Waals surface area contributed by atoms with Gasteiger partial charge in [-0.05, 0) is 30.5 Å². The van der Waals surface area contributed by atoms with E-state index in [0.29, 0.717) is 0 Å². The highest BCUT2D eigenvalue weighted by atomic mass is 15.3. The van der Waals surface area contributed by atoms with Crippen molar-refractivity contribution in [3.8, 4) is 5.82 Å². The Hall–Kier alpha value is -2.20. The Balaban J connectivity index is 2.10. The molecule has 4 heteroatoms. The molecule has 2 heterocycles. The van der Waals surface area contributed by atoms with Gasteiger partial charge in [0.15, 0.2) is 5.82 Å². The molecule has 3 rings (SSSR count). The standard InChI is InChI=1S/C16H18N4/c1-2-14(17)10-12-7-5-9-18-16(12)20-15-8-4-3-6-13(15)11-19-20/h3-9,11,14H,2,10,17H2,1H3. The number of nitrogens with two attached hydrogens (primary N) is 1. The predicted molar refractivity (Wildman–Crippen MR) is 80.8 cm³/mol. The Morgan fingerprint density at radius 2 is 2.05 bits per heavy atom. The van der Waals surface area contributed by atoms with Crippen molar-refractivity contribution in [2.75, 3.05) is 0 Å².